The van der Waals surface area contributed by atoms with Gasteiger partial charge in [0.15, 0.2) is 16.7 Å². The van der Waals surface area contributed by atoms with Crippen LogP contribution in [0, 0.1) is 5.82 Å². The molecule has 8 rings (SSSR count). The van der Waals surface area contributed by atoms with E-state index in [1.807, 2.05) is 11.0 Å². The largest absolute Gasteiger partial charge is 0.333 e. The molecule has 0 radical (unpaired) electrons. The summed E-state index contributed by atoms with van der Waals surface area (Å²) in [5, 5.41) is 15.0. The third kappa shape index (κ3) is 6.55. The number of alkyl halides is 2. The van der Waals surface area contributed by atoms with Gasteiger partial charge in [0.1, 0.15) is 17.6 Å². The Labute approximate surface area is 310 Å². The van der Waals surface area contributed by atoms with Crippen molar-refractivity contribution in [1.29, 1.82) is 0 Å². The van der Waals surface area contributed by atoms with Crippen LogP contribution in [0.2, 0.25) is 5.02 Å². The molecule has 0 unspecified atom stereocenters. The first-order valence-electron chi connectivity index (χ1n) is 16.3. The van der Waals surface area contributed by atoms with E-state index < -0.39 is 40.7 Å². The summed E-state index contributed by atoms with van der Waals surface area (Å²) < 4.78 is 76.2. The van der Waals surface area contributed by atoms with E-state index in [0.717, 1.165) is 17.8 Å². The lowest BCUT2D eigenvalue weighted by Gasteiger charge is -2.35. The number of fused-ring (bicyclic) bond motifs is 1. The first-order valence-corrected chi connectivity index (χ1v) is 19.0. The maximum absolute atomic E-state index is 14.2. The number of benzene rings is 1. The van der Waals surface area contributed by atoms with Crippen molar-refractivity contribution in [2.45, 2.75) is 44.4 Å². The van der Waals surface area contributed by atoms with Gasteiger partial charge in [-0.2, -0.15) is 27.0 Å². The predicted octanol–water partition coefficient (Wildman–Crippen LogP) is 6.02. The number of hydrogen-bond acceptors (Lipinski definition) is 10. The molecule has 1 aromatic carbocycles. The highest BCUT2D eigenvalue weighted by atomic mass is 35.5. The lowest BCUT2D eigenvalue weighted by molar-refractivity contribution is 0.0564. The van der Waals surface area contributed by atoms with Gasteiger partial charge in [0.25, 0.3) is 0 Å². The quantitative estimate of drug-likeness (QED) is 0.192. The van der Waals surface area contributed by atoms with Crippen molar-refractivity contribution in [3.8, 4) is 5.82 Å². The molecular weight excluding hydrogens is 751 g/mol. The van der Waals surface area contributed by atoms with Gasteiger partial charge in [0, 0.05) is 76.6 Å². The summed E-state index contributed by atoms with van der Waals surface area (Å²) in [6.45, 7) is 3.10. The molecule has 3 aliphatic heterocycles. The number of nitrogens with zero attached hydrogens (tertiary/aromatic N) is 10. The summed E-state index contributed by atoms with van der Waals surface area (Å²) in [5.74, 6) is 0.464. The average Bonchev–Trinajstić information content (AvgIpc) is 3.95. The molecule has 3 atom stereocenters. The number of halogens is 4. The van der Waals surface area contributed by atoms with E-state index in [-0.39, 0.29) is 29.4 Å². The number of rotatable bonds is 9. The van der Waals surface area contributed by atoms with Crippen LogP contribution in [0.1, 0.15) is 54.3 Å². The fourth-order valence-corrected chi connectivity index (χ4v) is 9.40. The highest BCUT2D eigenvalue weighted by molar-refractivity contribution is 7.87. The number of thiazole rings is 1. The van der Waals surface area contributed by atoms with E-state index >= 15 is 0 Å². The second-order valence-electron chi connectivity index (χ2n) is 12.6. The Morgan fingerprint density at radius 3 is 2.64 bits per heavy atom. The third-order valence-corrected chi connectivity index (χ3v) is 11.9. The number of aliphatic imine (C=N–C) groups is 1. The molecule has 272 valence electrons. The Balaban J connectivity index is 1.12. The summed E-state index contributed by atoms with van der Waals surface area (Å²) in [7, 11) is -4.18. The van der Waals surface area contributed by atoms with E-state index in [1.165, 1.54) is 33.8 Å². The molecule has 1 N–H and O–H groups in total. The molecule has 0 amide bonds. The standard InChI is InChI=1S/C34H29ClF3N11O2S2/c1-19-13-21(27-18-48(45-42-27)29-5-3-4-9-39-29)14-20(2)49(19)53(50,51)44-23-16-28-30(26-8-11-47(43-26)34(37)38)31(24-7-6-22(36)15-25(24)35)41-32(46(28)17-23)33-40-10-12-52-33/h3-13,15,18,20,23,31,34,44H,1,14,16-17H2,2H3/t20-,23+,31+/m1/s1. The zero-order valence-electron chi connectivity index (χ0n) is 27.8. The van der Waals surface area contributed by atoms with E-state index in [9.17, 15) is 21.6 Å². The molecule has 0 saturated carbocycles. The van der Waals surface area contributed by atoms with E-state index in [0.29, 0.717) is 50.3 Å². The van der Waals surface area contributed by atoms with Crippen LogP contribution in [0.4, 0.5) is 13.2 Å². The molecule has 53 heavy (non-hydrogen) atoms. The van der Waals surface area contributed by atoms with E-state index in [1.54, 1.807) is 53.8 Å². The van der Waals surface area contributed by atoms with Gasteiger partial charge in [-0.05, 0) is 55.3 Å². The minimum Gasteiger partial charge on any atom is -0.326 e. The summed E-state index contributed by atoms with van der Waals surface area (Å²) in [4.78, 5) is 15.6. The predicted molar refractivity (Wildman–Crippen MR) is 193 cm³/mol. The summed E-state index contributed by atoms with van der Waals surface area (Å²) in [6.07, 6.45) is 8.30. The van der Waals surface area contributed by atoms with Gasteiger partial charge in [0.2, 0.25) is 0 Å². The maximum Gasteiger partial charge on any atom is 0.333 e. The second-order valence-corrected chi connectivity index (χ2v) is 15.4. The molecule has 4 aromatic heterocycles. The van der Waals surface area contributed by atoms with Crippen LogP contribution in [0.5, 0.6) is 0 Å². The zero-order valence-corrected chi connectivity index (χ0v) is 30.1. The van der Waals surface area contributed by atoms with Crippen LogP contribution in [0.3, 0.4) is 0 Å². The molecule has 13 nitrogen and oxygen atoms in total. The molecule has 1 fully saturated rings. The number of pyridine rings is 1. The summed E-state index contributed by atoms with van der Waals surface area (Å²) in [5.41, 5.74) is 3.20. The van der Waals surface area contributed by atoms with Crippen molar-refractivity contribution in [1.82, 2.24) is 48.7 Å². The summed E-state index contributed by atoms with van der Waals surface area (Å²) in [6, 6.07) is 8.63. The normalized spacial score (nSPS) is 20.6. The van der Waals surface area contributed by atoms with Gasteiger partial charge in [-0.25, -0.2) is 23.7 Å². The van der Waals surface area contributed by atoms with Crippen LogP contribution < -0.4 is 4.72 Å². The third-order valence-electron chi connectivity index (χ3n) is 9.05. The van der Waals surface area contributed by atoms with Crippen LogP contribution in [0.25, 0.3) is 17.0 Å². The van der Waals surface area contributed by atoms with Crippen molar-refractivity contribution in [2.24, 2.45) is 4.99 Å². The number of amidine groups is 1. The van der Waals surface area contributed by atoms with Gasteiger partial charge in [0.05, 0.1) is 11.9 Å². The Morgan fingerprint density at radius 2 is 1.94 bits per heavy atom. The van der Waals surface area contributed by atoms with Gasteiger partial charge in [-0.15, -0.1) is 16.4 Å². The SMILES string of the molecule is C=C1C=C(c2cn(-c3ccccn3)nn2)C[C@@H](C)N1S(=O)(=O)N[C@H]1CC2=C(c3ccn(C(F)F)n3)[C@H](c3ccc(F)cc3Cl)N=C(c3nccs3)N2C1. The molecule has 7 heterocycles. The Morgan fingerprint density at radius 1 is 1.09 bits per heavy atom. The van der Waals surface area contributed by atoms with Gasteiger partial charge < -0.3 is 4.90 Å². The number of hydrogen-bond donors (Lipinski definition) is 1. The number of nitrogens with one attached hydrogen (secondary N) is 1. The first-order chi connectivity index (χ1) is 25.5. The zero-order chi connectivity index (χ0) is 37.0. The number of aromatic nitrogens is 7. The Hall–Kier alpha value is -5.17. The topological polar surface area (TPSA) is 139 Å². The van der Waals surface area contributed by atoms with Crippen molar-refractivity contribution < 1.29 is 21.6 Å². The lowest BCUT2D eigenvalue weighted by Crippen LogP contribution is -2.49. The minimum atomic E-state index is -4.18. The average molecular weight is 780 g/mol. The molecule has 0 aliphatic carbocycles. The van der Waals surface area contributed by atoms with E-state index in [2.05, 4.69) is 36.7 Å². The fraction of sp³-hybridized carbons (Fsp3) is 0.235. The van der Waals surface area contributed by atoms with Crippen LogP contribution in [-0.2, 0) is 10.2 Å². The van der Waals surface area contributed by atoms with Crippen LogP contribution >= 0.6 is 22.9 Å². The molecule has 0 spiro atoms. The number of allylic oxidation sites excluding steroid dienone is 1. The van der Waals surface area contributed by atoms with E-state index in [4.69, 9.17) is 16.6 Å². The highest BCUT2D eigenvalue weighted by Crippen LogP contribution is 2.46. The van der Waals surface area contributed by atoms with Gasteiger partial charge >= 0.3 is 16.8 Å². The van der Waals surface area contributed by atoms with Crippen molar-refractivity contribution in [3.63, 3.8) is 0 Å². The highest BCUT2D eigenvalue weighted by Gasteiger charge is 2.43. The van der Waals surface area contributed by atoms with Crippen molar-refractivity contribution in [2.75, 3.05) is 6.54 Å². The minimum absolute atomic E-state index is 0.0802. The van der Waals surface area contributed by atoms with Crippen molar-refractivity contribution in [3.05, 3.63) is 129 Å². The molecule has 0 bridgehead atoms. The second kappa shape index (κ2) is 13.7. The summed E-state index contributed by atoms with van der Waals surface area (Å²) >= 11 is 7.89. The molecule has 3 aliphatic rings. The molecule has 1 saturated heterocycles. The molecule has 19 heteroatoms. The van der Waals surface area contributed by atoms with Crippen LogP contribution in [-0.4, -0.2) is 76.8 Å². The fourth-order valence-electron chi connectivity index (χ4n) is 6.89. The first kappa shape index (κ1) is 34.9. The molecular formula is C34H29ClF3N11O2S2. The Bertz CT molecular complexity index is 2410. The Kier molecular flexibility index (Phi) is 9.00. The monoisotopic (exact) mass is 779 g/mol. The smallest absolute Gasteiger partial charge is 0.326 e. The lowest BCUT2D eigenvalue weighted by atomic mass is 9.92. The van der Waals surface area contributed by atoms with Crippen molar-refractivity contribution >= 4 is 50.1 Å². The molecule has 5 aromatic rings. The van der Waals surface area contributed by atoms with Gasteiger partial charge in [-0.3, -0.25) is 9.30 Å². The van der Waals surface area contributed by atoms with Crippen LogP contribution in [0.15, 0.2) is 102 Å². The van der Waals surface area contributed by atoms with Gasteiger partial charge in [-0.1, -0.05) is 35.5 Å². The maximum atomic E-state index is 14.2.